The molecule has 112 valence electrons. The molecule has 0 radical (unpaired) electrons. The van der Waals surface area contributed by atoms with Crippen LogP contribution in [0.25, 0.3) is 11.3 Å². The first-order valence-electron chi connectivity index (χ1n) is 6.55. The van der Waals surface area contributed by atoms with E-state index >= 15 is 0 Å². The van der Waals surface area contributed by atoms with Gasteiger partial charge in [-0.25, -0.2) is 4.79 Å². The minimum atomic E-state index is -1.03. The van der Waals surface area contributed by atoms with Gasteiger partial charge in [0.05, 0.1) is 19.9 Å². The molecule has 1 aromatic carbocycles. The van der Waals surface area contributed by atoms with Crippen molar-refractivity contribution in [3.05, 3.63) is 30.0 Å². The molecule has 0 bridgehead atoms. The molecule has 0 atom stereocenters. The van der Waals surface area contributed by atoms with Gasteiger partial charge in [-0.2, -0.15) is 11.8 Å². The summed E-state index contributed by atoms with van der Waals surface area (Å²) in [5.74, 6) is 1.35. The molecule has 1 aromatic heterocycles. The third kappa shape index (κ3) is 3.75. The molecule has 0 aliphatic rings. The third-order valence-corrected chi connectivity index (χ3v) is 3.81. The first-order chi connectivity index (χ1) is 10.2. The summed E-state index contributed by atoms with van der Waals surface area (Å²) in [5.41, 5.74) is 1.48. The number of hydrogen-bond donors (Lipinski definition) is 1. The summed E-state index contributed by atoms with van der Waals surface area (Å²) in [6.07, 6.45) is 1.82. The molecule has 2 rings (SSSR count). The molecule has 2 aromatic rings. The highest BCUT2D eigenvalue weighted by Gasteiger charge is 2.13. The molecular weight excluding hydrogens is 290 g/mol. The second-order valence-corrected chi connectivity index (χ2v) is 5.68. The fourth-order valence-corrected chi connectivity index (χ4v) is 2.48. The van der Waals surface area contributed by atoms with Crippen LogP contribution in [0, 0.1) is 0 Å². The summed E-state index contributed by atoms with van der Waals surface area (Å²) in [4.78, 5) is 11.2. The lowest BCUT2D eigenvalue weighted by molar-refractivity contribution is 0.0693. The third-order valence-electron chi connectivity index (χ3n) is 2.93. The summed E-state index contributed by atoms with van der Waals surface area (Å²) in [5, 5.41) is 17.3. The molecule has 0 amide bonds. The molecule has 0 aliphatic carbocycles. The summed E-state index contributed by atoms with van der Waals surface area (Å²) in [7, 11) is 1.45. The van der Waals surface area contributed by atoms with Gasteiger partial charge in [-0.15, -0.1) is 5.10 Å². The smallest absolute Gasteiger partial charge is 0.339 e. The SMILES string of the molecule is CCSCCn1cc(-c2ccc(OC)c(C(=O)O)c2)nn1. The zero-order valence-electron chi connectivity index (χ0n) is 11.9. The van der Waals surface area contributed by atoms with Crippen molar-refractivity contribution < 1.29 is 14.6 Å². The number of aromatic carboxylic acids is 1. The lowest BCUT2D eigenvalue weighted by Gasteiger charge is -2.05. The Morgan fingerprint density at radius 3 is 2.95 bits per heavy atom. The number of aryl methyl sites for hydroxylation is 1. The number of aromatic nitrogens is 3. The summed E-state index contributed by atoms with van der Waals surface area (Å²) in [6.45, 7) is 2.90. The quantitative estimate of drug-likeness (QED) is 0.792. The van der Waals surface area contributed by atoms with Crippen molar-refractivity contribution in [1.29, 1.82) is 0 Å². The number of ether oxygens (including phenoxy) is 1. The zero-order valence-corrected chi connectivity index (χ0v) is 12.8. The van der Waals surface area contributed by atoms with Crippen LogP contribution in [-0.2, 0) is 6.54 Å². The average molecular weight is 307 g/mol. The van der Waals surface area contributed by atoms with Crippen molar-refractivity contribution in [2.24, 2.45) is 0 Å². The van der Waals surface area contributed by atoms with Crippen molar-refractivity contribution in [3.8, 4) is 17.0 Å². The Balaban J connectivity index is 2.22. The highest BCUT2D eigenvalue weighted by Crippen LogP contribution is 2.25. The van der Waals surface area contributed by atoms with Gasteiger partial charge in [0.1, 0.15) is 17.0 Å². The predicted molar refractivity (Wildman–Crippen MR) is 82.0 cm³/mol. The summed E-state index contributed by atoms with van der Waals surface area (Å²) in [6, 6.07) is 4.96. The average Bonchev–Trinajstić information content (AvgIpc) is 2.95. The van der Waals surface area contributed by atoms with Gasteiger partial charge in [-0.3, -0.25) is 4.68 Å². The van der Waals surface area contributed by atoms with Gasteiger partial charge >= 0.3 is 5.97 Å². The Labute approximate surface area is 127 Å². The van der Waals surface area contributed by atoms with Crippen LogP contribution in [0.4, 0.5) is 0 Å². The number of methoxy groups -OCH3 is 1. The maximum Gasteiger partial charge on any atom is 0.339 e. The van der Waals surface area contributed by atoms with E-state index in [2.05, 4.69) is 17.2 Å². The van der Waals surface area contributed by atoms with Crippen LogP contribution < -0.4 is 4.74 Å². The van der Waals surface area contributed by atoms with Crippen LogP contribution >= 0.6 is 11.8 Å². The van der Waals surface area contributed by atoms with Crippen molar-refractivity contribution >= 4 is 17.7 Å². The van der Waals surface area contributed by atoms with E-state index in [1.165, 1.54) is 7.11 Å². The van der Waals surface area contributed by atoms with Gasteiger partial charge < -0.3 is 9.84 Å². The first kappa shape index (κ1) is 15.4. The predicted octanol–water partition coefficient (Wildman–Crippen LogP) is 2.40. The first-order valence-corrected chi connectivity index (χ1v) is 7.70. The van der Waals surface area contributed by atoms with E-state index in [1.807, 2.05) is 18.0 Å². The Kier molecular flexibility index (Phi) is 5.21. The Morgan fingerprint density at radius 1 is 1.48 bits per heavy atom. The molecule has 6 nitrogen and oxygen atoms in total. The number of nitrogens with zero attached hydrogens (tertiary/aromatic N) is 3. The number of benzene rings is 1. The summed E-state index contributed by atoms with van der Waals surface area (Å²) >= 11 is 1.84. The van der Waals surface area contributed by atoms with Gasteiger partial charge in [-0.1, -0.05) is 12.1 Å². The molecule has 1 N–H and O–H groups in total. The van der Waals surface area contributed by atoms with Crippen LogP contribution in [0.5, 0.6) is 5.75 Å². The second kappa shape index (κ2) is 7.12. The lowest BCUT2D eigenvalue weighted by atomic mass is 10.1. The van der Waals surface area contributed by atoms with Crippen LogP contribution in [-0.4, -0.2) is 44.7 Å². The molecule has 7 heteroatoms. The van der Waals surface area contributed by atoms with Gasteiger partial charge in [0.25, 0.3) is 0 Å². The van der Waals surface area contributed by atoms with Crippen molar-refractivity contribution in [2.75, 3.05) is 18.6 Å². The number of carboxylic acids is 1. The molecule has 0 spiro atoms. The molecule has 0 fully saturated rings. The minimum Gasteiger partial charge on any atom is -0.496 e. The van der Waals surface area contributed by atoms with Gasteiger partial charge in [0, 0.05) is 11.3 Å². The molecule has 0 aliphatic heterocycles. The number of carbonyl (C=O) groups is 1. The van der Waals surface area contributed by atoms with Gasteiger partial charge in [-0.05, 0) is 24.0 Å². The molecule has 0 saturated carbocycles. The van der Waals surface area contributed by atoms with Crippen molar-refractivity contribution in [2.45, 2.75) is 13.5 Å². The second-order valence-electron chi connectivity index (χ2n) is 4.28. The minimum absolute atomic E-state index is 0.117. The Morgan fingerprint density at radius 2 is 2.29 bits per heavy atom. The van der Waals surface area contributed by atoms with Gasteiger partial charge in [0.15, 0.2) is 0 Å². The maximum absolute atomic E-state index is 11.2. The topological polar surface area (TPSA) is 77.2 Å². The molecular formula is C14H17N3O3S. The molecule has 21 heavy (non-hydrogen) atoms. The molecule has 1 heterocycles. The van der Waals surface area contributed by atoms with E-state index in [4.69, 9.17) is 4.74 Å². The fourth-order valence-electron chi connectivity index (χ4n) is 1.88. The standard InChI is InChI=1S/C14H17N3O3S/c1-3-21-7-6-17-9-12(15-16-17)10-4-5-13(20-2)11(8-10)14(18)19/h4-5,8-9H,3,6-7H2,1-2H3,(H,18,19). The van der Waals surface area contributed by atoms with Crippen LogP contribution in [0.2, 0.25) is 0 Å². The molecule has 0 unspecified atom stereocenters. The summed E-state index contributed by atoms with van der Waals surface area (Å²) < 4.78 is 6.81. The van der Waals surface area contributed by atoms with Crippen LogP contribution in [0.15, 0.2) is 24.4 Å². The number of hydrogen-bond acceptors (Lipinski definition) is 5. The van der Waals surface area contributed by atoms with E-state index in [-0.39, 0.29) is 5.56 Å². The van der Waals surface area contributed by atoms with Crippen LogP contribution in [0.3, 0.4) is 0 Å². The zero-order chi connectivity index (χ0) is 15.2. The van der Waals surface area contributed by atoms with E-state index in [0.717, 1.165) is 18.1 Å². The lowest BCUT2D eigenvalue weighted by Crippen LogP contribution is -2.01. The number of carboxylic acid groups (broad SMARTS) is 1. The fraction of sp³-hybridized carbons (Fsp3) is 0.357. The van der Waals surface area contributed by atoms with Crippen molar-refractivity contribution in [1.82, 2.24) is 15.0 Å². The number of rotatable bonds is 7. The maximum atomic E-state index is 11.2. The Bertz CT molecular complexity index is 628. The van der Waals surface area contributed by atoms with E-state index in [9.17, 15) is 9.90 Å². The van der Waals surface area contributed by atoms with Crippen molar-refractivity contribution in [3.63, 3.8) is 0 Å². The van der Waals surface area contributed by atoms with E-state index in [0.29, 0.717) is 17.0 Å². The van der Waals surface area contributed by atoms with Crippen LogP contribution in [0.1, 0.15) is 17.3 Å². The molecule has 0 saturated heterocycles. The van der Waals surface area contributed by atoms with Gasteiger partial charge in [0.2, 0.25) is 0 Å². The monoisotopic (exact) mass is 307 g/mol. The highest BCUT2D eigenvalue weighted by atomic mass is 32.2. The number of thioether (sulfide) groups is 1. The largest absolute Gasteiger partial charge is 0.496 e. The van der Waals surface area contributed by atoms with E-state index in [1.54, 1.807) is 22.9 Å². The van der Waals surface area contributed by atoms with E-state index < -0.39 is 5.97 Å². The Hall–Kier alpha value is -2.02. The highest BCUT2D eigenvalue weighted by molar-refractivity contribution is 7.99. The normalized spacial score (nSPS) is 10.6.